The molecule has 0 saturated heterocycles. The molecular weight excluding hydrogens is 491 g/mol. The van der Waals surface area contributed by atoms with Crippen molar-refractivity contribution in [3.63, 3.8) is 0 Å². The lowest BCUT2D eigenvalue weighted by atomic mass is 10.1. The second kappa shape index (κ2) is 10.2. The third kappa shape index (κ3) is 6.24. The van der Waals surface area contributed by atoms with Crippen molar-refractivity contribution in [1.29, 1.82) is 0 Å². The van der Waals surface area contributed by atoms with Crippen LogP contribution in [0, 0.1) is 13.8 Å². The molecular formula is C23H21Cl3N2O3S. The quantitative estimate of drug-likeness (QED) is 0.417. The van der Waals surface area contributed by atoms with Crippen LogP contribution in [0.5, 0.6) is 0 Å². The van der Waals surface area contributed by atoms with Gasteiger partial charge < -0.3 is 5.32 Å². The lowest BCUT2D eigenvalue weighted by Crippen LogP contribution is -2.37. The normalized spacial score (nSPS) is 11.6. The molecule has 0 fully saturated rings. The Labute approximate surface area is 203 Å². The molecule has 0 aliphatic carbocycles. The van der Waals surface area contributed by atoms with E-state index in [2.05, 4.69) is 5.32 Å². The van der Waals surface area contributed by atoms with Crippen molar-refractivity contribution >= 4 is 56.4 Å². The molecule has 0 radical (unpaired) electrons. The number of halogens is 3. The van der Waals surface area contributed by atoms with E-state index in [0.717, 1.165) is 15.4 Å². The summed E-state index contributed by atoms with van der Waals surface area (Å²) in [6, 6.07) is 16.2. The second-order valence-corrected chi connectivity index (χ2v) is 10.6. The summed E-state index contributed by atoms with van der Waals surface area (Å²) < 4.78 is 27.8. The van der Waals surface area contributed by atoms with Crippen LogP contribution in [-0.2, 0) is 21.4 Å². The average molecular weight is 512 g/mol. The Morgan fingerprint density at radius 2 is 1.50 bits per heavy atom. The lowest BCUT2D eigenvalue weighted by molar-refractivity contribution is -0.116. The van der Waals surface area contributed by atoms with Crippen molar-refractivity contribution in [2.75, 3.05) is 11.9 Å². The molecule has 0 heterocycles. The fourth-order valence-corrected chi connectivity index (χ4v) is 5.06. The highest BCUT2D eigenvalue weighted by Gasteiger charge is 2.27. The number of rotatable bonds is 7. The maximum atomic E-state index is 13.3. The van der Waals surface area contributed by atoms with Crippen LogP contribution in [0.2, 0.25) is 15.1 Å². The van der Waals surface area contributed by atoms with Gasteiger partial charge in [-0.05, 0) is 79.1 Å². The van der Waals surface area contributed by atoms with E-state index in [9.17, 15) is 13.2 Å². The molecule has 0 aliphatic heterocycles. The summed E-state index contributed by atoms with van der Waals surface area (Å²) in [7, 11) is -4.00. The van der Waals surface area contributed by atoms with Crippen LogP contribution < -0.4 is 5.32 Å². The largest absolute Gasteiger partial charge is 0.325 e. The summed E-state index contributed by atoms with van der Waals surface area (Å²) >= 11 is 18.0. The van der Waals surface area contributed by atoms with E-state index < -0.39 is 22.5 Å². The van der Waals surface area contributed by atoms with Crippen molar-refractivity contribution in [1.82, 2.24) is 4.31 Å². The number of hydrogen-bond acceptors (Lipinski definition) is 3. The number of hydrogen-bond donors (Lipinski definition) is 1. The first-order chi connectivity index (χ1) is 15.0. The SMILES string of the molecule is Cc1cc(C)cc(NC(=O)CN(Cc2ccc(Cl)c(Cl)c2)S(=O)(=O)c2ccc(Cl)cc2)c1. The number of carbonyl (C=O) groups is 1. The smallest absolute Gasteiger partial charge is 0.243 e. The van der Waals surface area contributed by atoms with Crippen molar-refractivity contribution in [3.05, 3.63) is 92.4 Å². The summed E-state index contributed by atoms with van der Waals surface area (Å²) in [6.07, 6.45) is 0. The minimum Gasteiger partial charge on any atom is -0.325 e. The third-order valence-electron chi connectivity index (χ3n) is 4.62. The Morgan fingerprint density at radius 3 is 2.09 bits per heavy atom. The number of anilines is 1. The van der Waals surface area contributed by atoms with Gasteiger partial charge in [0.05, 0.1) is 21.5 Å². The van der Waals surface area contributed by atoms with E-state index in [1.165, 1.54) is 24.3 Å². The van der Waals surface area contributed by atoms with Crippen LogP contribution in [0.3, 0.4) is 0 Å². The third-order valence-corrected chi connectivity index (χ3v) is 7.42. The van der Waals surface area contributed by atoms with Gasteiger partial charge in [-0.25, -0.2) is 8.42 Å². The van der Waals surface area contributed by atoms with E-state index in [-0.39, 0.29) is 11.4 Å². The Morgan fingerprint density at radius 1 is 0.875 bits per heavy atom. The van der Waals surface area contributed by atoms with E-state index in [4.69, 9.17) is 34.8 Å². The van der Waals surface area contributed by atoms with Crippen LogP contribution in [0.1, 0.15) is 16.7 Å². The first-order valence-electron chi connectivity index (χ1n) is 9.62. The Kier molecular flexibility index (Phi) is 7.85. The summed E-state index contributed by atoms with van der Waals surface area (Å²) in [6.45, 7) is 3.38. The maximum Gasteiger partial charge on any atom is 0.243 e. The van der Waals surface area contributed by atoms with Gasteiger partial charge in [-0.15, -0.1) is 0 Å². The monoisotopic (exact) mass is 510 g/mol. The van der Waals surface area contributed by atoms with Gasteiger partial charge in [0.2, 0.25) is 15.9 Å². The van der Waals surface area contributed by atoms with Crippen molar-refractivity contribution in [3.8, 4) is 0 Å². The number of sulfonamides is 1. The molecule has 168 valence electrons. The fraction of sp³-hybridized carbons (Fsp3) is 0.174. The number of carbonyl (C=O) groups excluding carboxylic acids is 1. The fourth-order valence-electron chi connectivity index (χ4n) is 3.23. The molecule has 3 rings (SSSR count). The van der Waals surface area contributed by atoms with Crippen LogP contribution in [-0.4, -0.2) is 25.2 Å². The standard InChI is InChI=1S/C23H21Cl3N2O3S/c1-15-9-16(2)11-19(10-15)27-23(29)14-28(13-17-3-8-21(25)22(26)12-17)32(30,31)20-6-4-18(24)5-7-20/h3-12H,13-14H2,1-2H3,(H,27,29). The first kappa shape index (κ1) is 24.6. The zero-order chi connectivity index (χ0) is 23.5. The van der Waals surface area contributed by atoms with Gasteiger partial charge >= 0.3 is 0 Å². The first-order valence-corrected chi connectivity index (χ1v) is 12.2. The van der Waals surface area contributed by atoms with E-state index >= 15 is 0 Å². The van der Waals surface area contributed by atoms with Gasteiger partial charge in [-0.3, -0.25) is 4.79 Å². The number of nitrogens with one attached hydrogen (secondary N) is 1. The zero-order valence-corrected chi connectivity index (χ0v) is 20.5. The minimum atomic E-state index is -4.00. The van der Waals surface area contributed by atoms with Crippen molar-refractivity contribution < 1.29 is 13.2 Å². The molecule has 5 nitrogen and oxygen atoms in total. The minimum absolute atomic E-state index is 0.0289. The van der Waals surface area contributed by atoms with Crippen molar-refractivity contribution in [2.45, 2.75) is 25.3 Å². The Hall–Kier alpha value is -2.09. The molecule has 1 amide bonds. The summed E-state index contributed by atoms with van der Waals surface area (Å²) in [4.78, 5) is 12.8. The summed E-state index contributed by atoms with van der Waals surface area (Å²) in [5, 5.41) is 3.84. The van der Waals surface area contributed by atoms with E-state index in [1.807, 2.05) is 32.0 Å². The number of amides is 1. The molecule has 0 spiro atoms. The van der Waals surface area contributed by atoms with Gasteiger partial charge in [-0.2, -0.15) is 4.31 Å². The predicted octanol–water partition coefficient (Wildman–Crippen LogP) is 6.09. The maximum absolute atomic E-state index is 13.3. The molecule has 0 bridgehead atoms. The zero-order valence-electron chi connectivity index (χ0n) is 17.4. The molecule has 0 unspecified atom stereocenters. The van der Waals surface area contributed by atoms with Crippen molar-refractivity contribution in [2.24, 2.45) is 0 Å². The predicted molar refractivity (Wildman–Crippen MR) is 130 cm³/mol. The highest BCUT2D eigenvalue weighted by Crippen LogP contribution is 2.26. The Balaban J connectivity index is 1.90. The van der Waals surface area contributed by atoms with Crippen LogP contribution in [0.4, 0.5) is 5.69 Å². The molecule has 1 N–H and O–H groups in total. The molecule has 0 saturated carbocycles. The second-order valence-electron chi connectivity index (χ2n) is 7.40. The lowest BCUT2D eigenvalue weighted by Gasteiger charge is -2.22. The van der Waals surface area contributed by atoms with Gasteiger partial charge in [0.1, 0.15) is 0 Å². The van der Waals surface area contributed by atoms with Crippen LogP contribution in [0.15, 0.2) is 65.6 Å². The van der Waals surface area contributed by atoms with E-state index in [1.54, 1.807) is 18.2 Å². The van der Waals surface area contributed by atoms with Crippen LogP contribution >= 0.6 is 34.8 Å². The topological polar surface area (TPSA) is 66.5 Å². The van der Waals surface area contributed by atoms with Crippen LogP contribution in [0.25, 0.3) is 0 Å². The molecule has 0 atom stereocenters. The van der Waals surface area contributed by atoms with Gasteiger partial charge in [0, 0.05) is 17.3 Å². The highest BCUT2D eigenvalue weighted by atomic mass is 35.5. The summed E-state index contributed by atoms with van der Waals surface area (Å²) in [5.41, 5.74) is 3.17. The molecule has 0 aromatic heterocycles. The number of aryl methyl sites for hydroxylation is 2. The molecule has 3 aromatic carbocycles. The average Bonchev–Trinajstić information content (AvgIpc) is 2.69. The van der Waals surface area contributed by atoms with Gasteiger partial charge in [0.15, 0.2) is 0 Å². The molecule has 0 aliphatic rings. The molecule has 32 heavy (non-hydrogen) atoms. The Bertz CT molecular complexity index is 1230. The summed E-state index contributed by atoms with van der Waals surface area (Å²) in [5.74, 6) is -0.465. The highest BCUT2D eigenvalue weighted by molar-refractivity contribution is 7.89. The van der Waals surface area contributed by atoms with Gasteiger partial charge in [-0.1, -0.05) is 46.9 Å². The van der Waals surface area contributed by atoms with E-state index in [0.29, 0.717) is 26.3 Å². The van der Waals surface area contributed by atoms with Gasteiger partial charge in [0.25, 0.3) is 0 Å². The number of nitrogens with zero attached hydrogens (tertiary/aromatic N) is 1. The molecule has 3 aromatic rings. The number of benzene rings is 3. The molecule has 9 heteroatoms.